The van der Waals surface area contributed by atoms with Gasteiger partial charge in [0.1, 0.15) is 11.4 Å². The van der Waals surface area contributed by atoms with Crippen LogP contribution in [0.15, 0.2) is 41.8 Å². The second-order valence-electron chi connectivity index (χ2n) is 11.0. The summed E-state index contributed by atoms with van der Waals surface area (Å²) in [6.07, 6.45) is 0.599. The highest BCUT2D eigenvalue weighted by molar-refractivity contribution is 7.10. The maximum absolute atomic E-state index is 14.2. The fraction of sp³-hybridized carbons (Fsp3) is 0.481. The van der Waals surface area contributed by atoms with Crippen LogP contribution in [0.1, 0.15) is 91.9 Å². The molecule has 1 aromatic carbocycles. The van der Waals surface area contributed by atoms with Crippen molar-refractivity contribution in [2.75, 3.05) is 0 Å². The molecule has 3 heterocycles. The number of thiophene rings is 1. The number of aliphatic carboxylic acids is 1. The number of aryl methyl sites for hydroxylation is 1. The molecular formula is C27H34N4O3S. The van der Waals surface area contributed by atoms with Gasteiger partial charge in [0.05, 0.1) is 6.04 Å². The van der Waals surface area contributed by atoms with Gasteiger partial charge in [-0.1, -0.05) is 52.8 Å². The van der Waals surface area contributed by atoms with E-state index in [9.17, 15) is 14.7 Å². The fourth-order valence-corrected chi connectivity index (χ4v) is 6.15. The molecule has 2 aromatic heterocycles. The van der Waals surface area contributed by atoms with Crippen molar-refractivity contribution in [3.63, 3.8) is 0 Å². The molecular weight excluding hydrogens is 460 g/mol. The van der Waals surface area contributed by atoms with E-state index in [1.165, 1.54) is 11.3 Å². The summed E-state index contributed by atoms with van der Waals surface area (Å²) >= 11 is 1.53. The van der Waals surface area contributed by atoms with Crippen molar-refractivity contribution in [3.05, 3.63) is 69.4 Å². The number of aromatic amines is 1. The summed E-state index contributed by atoms with van der Waals surface area (Å²) < 4.78 is 0. The van der Waals surface area contributed by atoms with E-state index in [-0.39, 0.29) is 29.6 Å². The molecule has 2 N–H and O–H groups in total. The molecule has 3 aromatic rings. The van der Waals surface area contributed by atoms with E-state index >= 15 is 0 Å². The van der Waals surface area contributed by atoms with E-state index in [1.54, 1.807) is 4.90 Å². The minimum atomic E-state index is -1.37. The maximum Gasteiger partial charge on any atom is 0.329 e. The van der Waals surface area contributed by atoms with Gasteiger partial charge in [0, 0.05) is 16.4 Å². The van der Waals surface area contributed by atoms with Gasteiger partial charge in [-0.05, 0) is 60.2 Å². The van der Waals surface area contributed by atoms with Gasteiger partial charge < -0.3 is 10.0 Å². The lowest BCUT2D eigenvalue weighted by Crippen LogP contribution is -2.54. The van der Waals surface area contributed by atoms with E-state index in [1.807, 2.05) is 62.5 Å². The molecule has 3 atom stereocenters. The average molecular weight is 495 g/mol. The molecule has 1 fully saturated rings. The molecule has 0 aliphatic carbocycles. The standard InChI is InChI=1S/C27H34N4O3S/c1-16(2)14-27(25(33)34)15-20(23-28-17(3)29-30-23)22(21-8-7-13-35-21)31(27)24(32)18-9-11-19(12-10-18)26(4,5)6/h7-13,16,20,22H,14-15H2,1-6H3,(H,33,34)(H,28,29,30)/t20-,22-,27+/m1/s1. The molecule has 8 heteroatoms. The van der Waals surface area contributed by atoms with Gasteiger partial charge in [-0.15, -0.1) is 11.3 Å². The second kappa shape index (κ2) is 9.22. The smallest absolute Gasteiger partial charge is 0.329 e. The number of nitrogens with one attached hydrogen (secondary N) is 1. The maximum atomic E-state index is 14.2. The Morgan fingerprint density at radius 2 is 1.91 bits per heavy atom. The lowest BCUT2D eigenvalue weighted by molar-refractivity contribution is -0.150. The Labute approximate surface area is 210 Å². The van der Waals surface area contributed by atoms with Crippen LogP contribution < -0.4 is 0 Å². The zero-order valence-corrected chi connectivity index (χ0v) is 22.0. The molecule has 0 saturated carbocycles. The Balaban J connectivity index is 1.89. The van der Waals surface area contributed by atoms with E-state index < -0.39 is 17.6 Å². The van der Waals surface area contributed by atoms with Crippen LogP contribution in [0.4, 0.5) is 0 Å². The second-order valence-corrected chi connectivity index (χ2v) is 12.0. The summed E-state index contributed by atoms with van der Waals surface area (Å²) in [7, 11) is 0. The molecule has 35 heavy (non-hydrogen) atoms. The van der Waals surface area contributed by atoms with Gasteiger partial charge in [-0.3, -0.25) is 9.89 Å². The van der Waals surface area contributed by atoms with Crippen LogP contribution in [0.3, 0.4) is 0 Å². The number of carbonyl (C=O) groups excluding carboxylic acids is 1. The third kappa shape index (κ3) is 4.63. The number of rotatable bonds is 6. The number of amides is 1. The number of likely N-dealkylation sites (tertiary alicyclic amines) is 1. The number of hydrogen-bond acceptors (Lipinski definition) is 5. The lowest BCUT2D eigenvalue weighted by Gasteiger charge is -2.39. The normalized spacial score (nSPS) is 22.7. The topological polar surface area (TPSA) is 99.2 Å². The lowest BCUT2D eigenvalue weighted by atomic mass is 9.83. The largest absolute Gasteiger partial charge is 0.479 e. The van der Waals surface area contributed by atoms with Crippen molar-refractivity contribution in [1.82, 2.24) is 20.1 Å². The van der Waals surface area contributed by atoms with Crippen LogP contribution >= 0.6 is 11.3 Å². The molecule has 1 aliphatic heterocycles. The van der Waals surface area contributed by atoms with Crippen LogP contribution in [-0.4, -0.2) is 42.6 Å². The Morgan fingerprint density at radius 3 is 2.40 bits per heavy atom. The van der Waals surface area contributed by atoms with E-state index in [2.05, 4.69) is 36.0 Å². The van der Waals surface area contributed by atoms with Crippen LogP contribution in [-0.2, 0) is 10.2 Å². The summed E-state index contributed by atoms with van der Waals surface area (Å²) in [5, 5.41) is 19.9. The van der Waals surface area contributed by atoms with Gasteiger partial charge in [-0.25, -0.2) is 9.78 Å². The summed E-state index contributed by atoms with van der Waals surface area (Å²) in [6.45, 7) is 12.2. The molecule has 0 unspecified atom stereocenters. The number of hydrogen-bond donors (Lipinski definition) is 2. The molecule has 0 spiro atoms. The molecule has 0 radical (unpaired) electrons. The molecule has 7 nitrogen and oxygen atoms in total. The summed E-state index contributed by atoms with van der Waals surface area (Å²) in [5.74, 6) is -0.317. The van der Waals surface area contributed by atoms with E-state index in [4.69, 9.17) is 0 Å². The number of carboxylic acids is 1. The molecule has 1 saturated heterocycles. The van der Waals surface area contributed by atoms with Gasteiger partial charge in [0.2, 0.25) is 0 Å². The third-order valence-electron chi connectivity index (χ3n) is 6.82. The monoisotopic (exact) mass is 494 g/mol. The Kier molecular flexibility index (Phi) is 6.62. The predicted octanol–water partition coefficient (Wildman–Crippen LogP) is 5.71. The molecule has 1 aliphatic rings. The van der Waals surface area contributed by atoms with Crippen LogP contribution in [0, 0.1) is 12.8 Å². The third-order valence-corrected chi connectivity index (χ3v) is 7.76. The first-order valence-electron chi connectivity index (χ1n) is 12.0. The highest BCUT2D eigenvalue weighted by Gasteiger charge is 2.60. The first-order valence-corrected chi connectivity index (χ1v) is 12.9. The highest BCUT2D eigenvalue weighted by Crippen LogP contribution is 2.54. The van der Waals surface area contributed by atoms with Crippen molar-refractivity contribution >= 4 is 23.2 Å². The SMILES string of the molecule is Cc1nc([C@@H]2C[C@@](CC(C)C)(C(=O)O)N(C(=O)c3ccc(C(C)(C)C)cc3)[C@H]2c2cccs2)n[nH]1. The number of H-pyrrole nitrogens is 1. The Hall–Kier alpha value is -3.00. The first-order chi connectivity index (χ1) is 16.4. The molecule has 4 rings (SSSR count). The van der Waals surface area contributed by atoms with Crippen molar-refractivity contribution in [3.8, 4) is 0 Å². The fourth-order valence-electron chi connectivity index (χ4n) is 5.27. The highest BCUT2D eigenvalue weighted by atomic mass is 32.1. The minimum absolute atomic E-state index is 0.0498. The van der Waals surface area contributed by atoms with Crippen molar-refractivity contribution in [2.45, 2.75) is 77.3 Å². The molecule has 0 bridgehead atoms. The Bertz CT molecular complexity index is 1190. The summed E-state index contributed by atoms with van der Waals surface area (Å²) in [5.41, 5.74) is 0.180. The minimum Gasteiger partial charge on any atom is -0.479 e. The van der Waals surface area contributed by atoms with Gasteiger partial charge >= 0.3 is 5.97 Å². The molecule has 186 valence electrons. The number of carboxylic acid groups (broad SMARTS) is 1. The van der Waals surface area contributed by atoms with E-state index in [0.29, 0.717) is 23.6 Å². The van der Waals surface area contributed by atoms with Crippen molar-refractivity contribution in [1.29, 1.82) is 0 Å². The van der Waals surface area contributed by atoms with Crippen LogP contribution in [0.25, 0.3) is 0 Å². The zero-order chi connectivity index (χ0) is 25.5. The number of carbonyl (C=O) groups is 2. The average Bonchev–Trinajstić information content (AvgIpc) is 3.51. The summed E-state index contributed by atoms with van der Waals surface area (Å²) in [6, 6.07) is 11.0. The number of nitrogens with zero attached hydrogens (tertiary/aromatic N) is 3. The number of benzene rings is 1. The van der Waals surface area contributed by atoms with Crippen LogP contribution in [0.5, 0.6) is 0 Å². The molecule has 1 amide bonds. The number of aromatic nitrogens is 3. The predicted molar refractivity (Wildman–Crippen MR) is 137 cm³/mol. The Morgan fingerprint density at radius 1 is 1.23 bits per heavy atom. The first kappa shape index (κ1) is 25.1. The van der Waals surface area contributed by atoms with Crippen molar-refractivity contribution < 1.29 is 14.7 Å². The van der Waals surface area contributed by atoms with Crippen LogP contribution in [0.2, 0.25) is 0 Å². The van der Waals surface area contributed by atoms with Gasteiger partial charge in [0.25, 0.3) is 5.91 Å². The van der Waals surface area contributed by atoms with Crippen molar-refractivity contribution in [2.24, 2.45) is 5.92 Å². The quantitative estimate of drug-likeness (QED) is 0.457. The van der Waals surface area contributed by atoms with Gasteiger partial charge in [0.15, 0.2) is 5.82 Å². The van der Waals surface area contributed by atoms with E-state index in [0.717, 1.165) is 10.4 Å². The van der Waals surface area contributed by atoms with Gasteiger partial charge in [-0.2, -0.15) is 5.10 Å². The summed E-state index contributed by atoms with van der Waals surface area (Å²) in [4.78, 5) is 34.4. The zero-order valence-electron chi connectivity index (χ0n) is 21.2.